The molecule has 0 aliphatic heterocycles. The Morgan fingerprint density at radius 2 is 1.81 bits per heavy atom. The first kappa shape index (κ1) is 13.9. The number of nitrogens with one attached hydrogen (secondary N) is 1. The summed E-state index contributed by atoms with van der Waals surface area (Å²) in [6.07, 6.45) is 2.15. The van der Waals surface area contributed by atoms with Crippen molar-refractivity contribution in [3.05, 3.63) is 59.9 Å². The molecular formula is C18H20FNO. The zero-order chi connectivity index (χ0) is 14.7. The molecule has 21 heavy (non-hydrogen) atoms. The summed E-state index contributed by atoms with van der Waals surface area (Å²) < 4.78 is 18.6. The van der Waals surface area contributed by atoms with E-state index in [2.05, 4.69) is 11.4 Å². The number of para-hydroxylation sites is 2. The normalized spacial score (nSPS) is 20.7. The van der Waals surface area contributed by atoms with Crippen LogP contribution in [0, 0.1) is 5.82 Å². The van der Waals surface area contributed by atoms with E-state index in [1.807, 2.05) is 37.3 Å². The highest BCUT2D eigenvalue weighted by atomic mass is 19.1. The fourth-order valence-corrected chi connectivity index (χ4v) is 2.83. The monoisotopic (exact) mass is 285 g/mol. The van der Waals surface area contributed by atoms with Gasteiger partial charge in [-0.05, 0) is 55.5 Å². The molecule has 2 aromatic carbocycles. The Morgan fingerprint density at radius 3 is 2.52 bits per heavy atom. The standard InChI is InChI=1S/C18H20FNO/c1-2-21-18-6-4-3-5-17(18)20-16-11-14(12-16)13-7-9-15(19)10-8-13/h3-10,14,16,20H,2,11-12H2,1H3. The zero-order valence-electron chi connectivity index (χ0n) is 12.2. The molecule has 0 bridgehead atoms. The van der Waals surface area contributed by atoms with Gasteiger partial charge in [0.2, 0.25) is 0 Å². The summed E-state index contributed by atoms with van der Waals surface area (Å²) in [5.41, 5.74) is 2.29. The summed E-state index contributed by atoms with van der Waals surface area (Å²) in [6, 6.07) is 15.4. The Morgan fingerprint density at radius 1 is 1.10 bits per heavy atom. The van der Waals surface area contributed by atoms with Crippen LogP contribution in [0.3, 0.4) is 0 Å². The minimum absolute atomic E-state index is 0.168. The molecule has 0 unspecified atom stereocenters. The third kappa shape index (κ3) is 3.18. The van der Waals surface area contributed by atoms with Crippen molar-refractivity contribution in [2.75, 3.05) is 11.9 Å². The van der Waals surface area contributed by atoms with E-state index in [-0.39, 0.29) is 5.82 Å². The van der Waals surface area contributed by atoms with E-state index in [1.165, 1.54) is 5.56 Å². The summed E-state index contributed by atoms with van der Waals surface area (Å²) in [6.45, 7) is 2.66. The van der Waals surface area contributed by atoms with Gasteiger partial charge in [0.05, 0.1) is 12.3 Å². The first-order chi connectivity index (χ1) is 10.3. The maximum Gasteiger partial charge on any atom is 0.142 e. The Bertz CT molecular complexity index is 590. The maximum absolute atomic E-state index is 12.9. The number of rotatable bonds is 5. The third-order valence-corrected chi connectivity index (χ3v) is 4.03. The van der Waals surface area contributed by atoms with Crippen molar-refractivity contribution >= 4 is 5.69 Å². The van der Waals surface area contributed by atoms with Crippen LogP contribution in [0.4, 0.5) is 10.1 Å². The van der Waals surface area contributed by atoms with E-state index in [9.17, 15) is 4.39 Å². The van der Waals surface area contributed by atoms with Crippen LogP contribution in [0.2, 0.25) is 0 Å². The quantitative estimate of drug-likeness (QED) is 0.868. The van der Waals surface area contributed by atoms with Crippen LogP contribution >= 0.6 is 0 Å². The summed E-state index contributed by atoms with van der Waals surface area (Å²) in [5, 5.41) is 3.54. The molecule has 1 saturated carbocycles. The SMILES string of the molecule is CCOc1ccccc1NC1CC(c2ccc(F)cc2)C1. The molecule has 2 aromatic rings. The average Bonchev–Trinajstić information content (AvgIpc) is 2.46. The van der Waals surface area contributed by atoms with Crippen molar-refractivity contribution in [2.45, 2.75) is 31.7 Å². The largest absolute Gasteiger partial charge is 0.492 e. The molecule has 1 aliphatic rings. The molecule has 0 atom stereocenters. The molecule has 0 spiro atoms. The van der Waals surface area contributed by atoms with Gasteiger partial charge in [-0.2, -0.15) is 0 Å². The van der Waals surface area contributed by atoms with Crippen LogP contribution in [0.25, 0.3) is 0 Å². The highest BCUT2D eigenvalue weighted by molar-refractivity contribution is 5.57. The second-order valence-corrected chi connectivity index (χ2v) is 5.49. The molecule has 1 aliphatic carbocycles. The first-order valence-corrected chi connectivity index (χ1v) is 7.50. The van der Waals surface area contributed by atoms with Gasteiger partial charge in [-0.3, -0.25) is 0 Å². The predicted molar refractivity (Wildman–Crippen MR) is 83.4 cm³/mol. The van der Waals surface area contributed by atoms with E-state index < -0.39 is 0 Å². The molecule has 0 radical (unpaired) electrons. The zero-order valence-corrected chi connectivity index (χ0v) is 12.2. The third-order valence-electron chi connectivity index (χ3n) is 4.03. The molecule has 0 saturated heterocycles. The van der Waals surface area contributed by atoms with Gasteiger partial charge in [0.15, 0.2) is 0 Å². The lowest BCUT2D eigenvalue weighted by Gasteiger charge is -2.37. The molecule has 3 heteroatoms. The van der Waals surface area contributed by atoms with Crippen molar-refractivity contribution in [3.8, 4) is 5.75 Å². The van der Waals surface area contributed by atoms with Crippen molar-refractivity contribution < 1.29 is 9.13 Å². The molecule has 110 valence electrons. The van der Waals surface area contributed by atoms with Gasteiger partial charge in [0, 0.05) is 6.04 Å². The Hall–Kier alpha value is -2.03. The van der Waals surface area contributed by atoms with Gasteiger partial charge in [-0.25, -0.2) is 4.39 Å². The van der Waals surface area contributed by atoms with Gasteiger partial charge in [0.1, 0.15) is 11.6 Å². The lowest BCUT2D eigenvalue weighted by Crippen LogP contribution is -2.34. The highest BCUT2D eigenvalue weighted by Crippen LogP contribution is 2.39. The second kappa shape index (κ2) is 6.17. The van der Waals surface area contributed by atoms with Crippen molar-refractivity contribution in [3.63, 3.8) is 0 Å². The Kier molecular flexibility index (Phi) is 4.09. The number of halogens is 1. The van der Waals surface area contributed by atoms with Gasteiger partial charge in [-0.1, -0.05) is 24.3 Å². The van der Waals surface area contributed by atoms with Crippen LogP contribution in [-0.2, 0) is 0 Å². The number of anilines is 1. The summed E-state index contributed by atoms with van der Waals surface area (Å²) >= 11 is 0. The van der Waals surface area contributed by atoms with Crippen LogP contribution in [0.5, 0.6) is 5.75 Å². The molecule has 2 nitrogen and oxygen atoms in total. The number of hydrogen-bond acceptors (Lipinski definition) is 2. The maximum atomic E-state index is 12.9. The van der Waals surface area contributed by atoms with Gasteiger partial charge >= 0.3 is 0 Å². The average molecular weight is 285 g/mol. The number of hydrogen-bond donors (Lipinski definition) is 1. The van der Waals surface area contributed by atoms with Crippen molar-refractivity contribution in [2.24, 2.45) is 0 Å². The van der Waals surface area contributed by atoms with Gasteiger partial charge in [0.25, 0.3) is 0 Å². The molecule has 3 rings (SSSR count). The van der Waals surface area contributed by atoms with Gasteiger partial charge < -0.3 is 10.1 Å². The number of benzene rings is 2. The van der Waals surface area contributed by atoms with Gasteiger partial charge in [-0.15, -0.1) is 0 Å². The van der Waals surface area contributed by atoms with Crippen LogP contribution in [-0.4, -0.2) is 12.6 Å². The minimum Gasteiger partial charge on any atom is -0.492 e. The van der Waals surface area contributed by atoms with E-state index in [0.29, 0.717) is 18.6 Å². The summed E-state index contributed by atoms with van der Waals surface area (Å²) in [7, 11) is 0. The molecule has 0 aromatic heterocycles. The van der Waals surface area contributed by atoms with Crippen LogP contribution < -0.4 is 10.1 Å². The molecular weight excluding hydrogens is 265 g/mol. The number of ether oxygens (including phenoxy) is 1. The summed E-state index contributed by atoms with van der Waals surface area (Å²) in [5.74, 6) is 1.27. The lowest BCUT2D eigenvalue weighted by molar-refractivity contribution is 0.337. The van der Waals surface area contributed by atoms with Crippen LogP contribution in [0.15, 0.2) is 48.5 Å². The molecule has 1 fully saturated rings. The fraction of sp³-hybridized carbons (Fsp3) is 0.333. The van der Waals surface area contributed by atoms with E-state index in [1.54, 1.807) is 12.1 Å². The Labute approximate surface area is 125 Å². The van der Waals surface area contributed by atoms with E-state index >= 15 is 0 Å². The first-order valence-electron chi connectivity index (χ1n) is 7.50. The predicted octanol–water partition coefficient (Wildman–Crippen LogP) is 4.58. The van der Waals surface area contributed by atoms with E-state index in [0.717, 1.165) is 24.3 Å². The van der Waals surface area contributed by atoms with Crippen molar-refractivity contribution in [1.82, 2.24) is 0 Å². The topological polar surface area (TPSA) is 21.3 Å². The molecule has 1 N–H and O–H groups in total. The summed E-state index contributed by atoms with van der Waals surface area (Å²) in [4.78, 5) is 0. The highest BCUT2D eigenvalue weighted by Gasteiger charge is 2.30. The lowest BCUT2D eigenvalue weighted by atomic mass is 9.76. The van der Waals surface area contributed by atoms with E-state index in [4.69, 9.17) is 4.74 Å². The Balaban J connectivity index is 1.58. The fourth-order valence-electron chi connectivity index (χ4n) is 2.83. The molecule has 0 amide bonds. The van der Waals surface area contributed by atoms with Crippen LogP contribution in [0.1, 0.15) is 31.2 Å². The smallest absolute Gasteiger partial charge is 0.142 e. The second-order valence-electron chi connectivity index (χ2n) is 5.49. The van der Waals surface area contributed by atoms with Crippen molar-refractivity contribution in [1.29, 1.82) is 0 Å². The molecule has 0 heterocycles. The minimum atomic E-state index is -0.168.